The van der Waals surface area contributed by atoms with Crippen LogP contribution in [0.25, 0.3) is 0 Å². The first-order chi connectivity index (χ1) is 9.63. The summed E-state index contributed by atoms with van der Waals surface area (Å²) >= 11 is 0. The van der Waals surface area contributed by atoms with Gasteiger partial charge in [-0.1, -0.05) is 6.07 Å². The molecule has 2 aliphatic rings. The Kier molecular flexibility index (Phi) is 3.31. The van der Waals surface area contributed by atoms with Crippen molar-refractivity contribution in [3.8, 4) is 0 Å². The van der Waals surface area contributed by atoms with Gasteiger partial charge in [0, 0.05) is 44.0 Å². The van der Waals surface area contributed by atoms with E-state index in [0.29, 0.717) is 12.1 Å². The van der Waals surface area contributed by atoms with Gasteiger partial charge >= 0.3 is 6.03 Å². The Morgan fingerprint density at radius 2 is 1.95 bits per heavy atom. The van der Waals surface area contributed by atoms with E-state index in [1.807, 2.05) is 17.0 Å². The zero-order chi connectivity index (χ0) is 14.1. The summed E-state index contributed by atoms with van der Waals surface area (Å²) in [5, 5.41) is 5.44. The monoisotopic (exact) mass is 274 g/mol. The number of anilines is 1. The summed E-state index contributed by atoms with van der Waals surface area (Å²) in [7, 11) is 2.06. The second-order valence-electron chi connectivity index (χ2n) is 5.28. The molecule has 1 aromatic rings. The van der Waals surface area contributed by atoms with Crippen LogP contribution in [0.5, 0.6) is 0 Å². The SMILES string of the molecule is CN1CCN(C(=O)c2ccc3c(c2)NC(=O)NC3)CC1. The largest absolute Gasteiger partial charge is 0.336 e. The molecule has 0 spiro atoms. The lowest BCUT2D eigenvalue weighted by Crippen LogP contribution is -2.47. The highest BCUT2D eigenvalue weighted by Crippen LogP contribution is 2.21. The first kappa shape index (κ1) is 12.9. The molecule has 0 aliphatic carbocycles. The normalized spacial score (nSPS) is 19.1. The summed E-state index contributed by atoms with van der Waals surface area (Å²) in [6.07, 6.45) is 0. The molecule has 2 N–H and O–H groups in total. The van der Waals surface area contributed by atoms with Gasteiger partial charge in [0.1, 0.15) is 0 Å². The third-order valence-corrected chi connectivity index (χ3v) is 3.83. The summed E-state index contributed by atoms with van der Waals surface area (Å²) < 4.78 is 0. The number of nitrogens with one attached hydrogen (secondary N) is 2. The summed E-state index contributed by atoms with van der Waals surface area (Å²) in [5.41, 5.74) is 2.36. The Balaban J connectivity index is 1.78. The maximum Gasteiger partial charge on any atom is 0.319 e. The maximum atomic E-state index is 12.5. The molecule has 0 unspecified atom stereocenters. The third-order valence-electron chi connectivity index (χ3n) is 3.83. The Labute approximate surface area is 117 Å². The number of fused-ring (bicyclic) bond motifs is 1. The number of carbonyl (C=O) groups is 2. The molecule has 1 saturated heterocycles. The number of piperazine rings is 1. The van der Waals surface area contributed by atoms with Gasteiger partial charge in [0.25, 0.3) is 5.91 Å². The molecule has 2 heterocycles. The zero-order valence-corrected chi connectivity index (χ0v) is 11.5. The van der Waals surface area contributed by atoms with E-state index in [0.717, 1.165) is 37.4 Å². The second kappa shape index (κ2) is 5.13. The van der Waals surface area contributed by atoms with Crippen LogP contribution in [0.2, 0.25) is 0 Å². The van der Waals surface area contributed by atoms with Crippen molar-refractivity contribution in [2.45, 2.75) is 6.54 Å². The van der Waals surface area contributed by atoms with Crippen molar-refractivity contribution in [2.75, 3.05) is 38.5 Å². The molecule has 1 fully saturated rings. The maximum absolute atomic E-state index is 12.5. The summed E-state index contributed by atoms with van der Waals surface area (Å²) in [4.78, 5) is 27.9. The standard InChI is InChI=1S/C14H18N4O2/c1-17-4-6-18(7-5-17)13(19)10-2-3-11-9-15-14(20)16-12(11)8-10/h2-3,8H,4-7,9H2,1H3,(H2,15,16,20). The Bertz CT molecular complexity index is 550. The van der Waals surface area contributed by atoms with Gasteiger partial charge < -0.3 is 20.4 Å². The van der Waals surface area contributed by atoms with Crippen molar-refractivity contribution < 1.29 is 9.59 Å². The Morgan fingerprint density at radius 3 is 2.70 bits per heavy atom. The molecular weight excluding hydrogens is 256 g/mol. The quantitative estimate of drug-likeness (QED) is 0.792. The van der Waals surface area contributed by atoms with Gasteiger partial charge in [0.05, 0.1) is 0 Å². The second-order valence-corrected chi connectivity index (χ2v) is 5.28. The van der Waals surface area contributed by atoms with Gasteiger partial charge in [-0.3, -0.25) is 4.79 Å². The first-order valence-corrected chi connectivity index (χ1v) is 6.79. The zero-order valence-electron chi connectivity index (χ0n) is 11.5. The summed E-state index contributed by atoms with van der Waals surface area (Å²) in [6, 6.07) is 5.28. The number of urea groups is 1. The summed E-state index contributed by atoms with van der Waals surface area (Å²) in [6.45, 7) is 3.81. The van der Waals surface area contributed by atoms with Gasteiger partial charge in [0.15, 0.2) is 0 Å². The van der Waals surface area contributed by atoms with Crippen molar-refractivity contribution in [3.63, 3.8) is 0 Å². The highest BCUT2D eigenvalue weighted by atomic mass is 16.2. The van der Waals surface area contributed by atoms with Crippen molar-refractivity contribution in [1.29, 1.82) is 0 Å². The minimum atomic E-state index is -0.221. The number of likely N-dealkylation sites (N-methyl/N-ethyl adjacent to an activating group) is 1. The molecule has 3 amide bonds. The van der Waals surface area contributed by atoms with Crippen LogP contribution in [0.15, 0.2) is 18.2 Å². The van der Waals surface area contributed by atoms with Crippen LogP contribution in [0.1, 0.15) is 15.9 Å². The molecule has 3 rings (SSSR count). The molecule has 0 radical (unpaired) electrons. The smallest absolute Gasteiger partial charge is 0.319 e. The van der Waals surface area contributed by atoms with Crippen molar-refractivity contribution in [1.82, 2.24) is 15.1 Å². The molecular formula is C14H18N4O2. The van der Waals surface area contributed by atoms with E-state index >= 15 is 0 Å². The van der Waals surface area contributed by atoms with E-state index in [4.69, 9.17) is 0 Å². The highest BCUT2D eigenvalue weighted by molar-refractivity contribution is 5.98. The number of rotatable bonds is 1. The lowest BCUT2D eigenvalue weighted by Gasteiger charge is -2.32. The van der Waals surface area contributed by atoms with E-state index < -0.39 is 0 Å². The average Bonchev–Trinajstić information content (AvgIpc) is 2.46. The van der Waals surface area contributed by atoms with Gasteiger partial charge in [-0.15, -0.1) is 0 Å². The molecule has 2 aliphatic heterocycles. The number of amides is 3. The van der Waals surface area contributed by atoms with Crippen LogP contribution in [0, 0.1) is 0 Å². The topological polar surface area (TPSA) is 64.7 Å². The van der Waals surface area contributed by atoms with Crippen molar-refractivity contribution in [2.24, 2.45) is 0 Å². The van der Waals surface area contributed by atoms with Gasteiger partial charge in [0.2, 0.25) is 0 Å². The van der Waals surface area contributed by atoms with Gasteiger partial charge in [-0.05, 0) is 24.7 Å². The predicted octanol–water partition coefficient (Wildman–Crippen LogP) is 0.709. The van der Waals surface area contributed by atoms with Crippen molar-refractivity contribution in [3.05, 3.63) is 29.3 Å². The van der Waals surface area contributed by atoms with Gasteiger partial charge in [-0.25, -0.2) is 4.79 Å². The minimum absolute atomic E-state index is 0.0358. The van der Waals surface area contributed by atoms with Crippen LogP contribution >= 0.6 is 0 Å². The fourth-order valence-electron chi connectivity index (χ4n) is 2.51. The van der Waals surface area contributed by atoms with E-state index in [1.165, 1.54) is 0 Å². The molecule has 1 aromatic carbocycles. The van der Waals surface area contributed by atoms with E-state index in [9.17, 15) is 9.59 Å². The number of hydrogen-bond acceptors (Lipinski definition) is 3. The average molecular weight is 274 g/mol. The minimum Gasteiger partial charge on any atom is -0.336 e. The van der Waals surface area contributed by atoms with Crippen LogP contribution in [0.3, 0.4) is 0 Å². The van der Waals surface area contributed by atoms with Crippen LogP contribution in [-0.2, 0) is 6.54 Å². The first-order valence-electron chi connectivity index (χ1n) is 6.79. The molecule has 0 aromatic heterocycles. The van der Waals surface area contributed by atoms with E-state index in [-0.39, 0.29) is 11.9 Å². The van der Waals surface area contributed by atoms with Crippen LogP contribution in [-0.4, -0.2) is 55.0 Å². The Hall–Kier alpha value is -2.08. The number of nitrogens with zero attached hydrogens (tertiary/aromatic N) is 2. The lowest BCUT2D eigenvalue weighted by molar-refractivity contribution is 0.0664. The molecule has 0 saturated carbocycles. The van der Waals surface area contributed by atoms with Crippen molar-refractivity contribution >= 4 is 17.6 Å². The number of hydrogen-bond donors (Lipinski definition) is 2. The molecule has 6 heteroatoms. The molecule has 0 bridgehead atoms. The van der Waals surface area contributed by atoms with Gasteiger partial charge in [-0.2, -0.15) is 0 Å². The Morgan fingerprint density at radius 1 is 1.20 bits per heavy atom. The third kappa shape index (κ3) is 2.46. The number of carbonyl (C=O) groups excluding carboxylic acids is 2. The fourth-order valence-corrected chi connectivity index (χ4v) is 2.51. The molecule has 106 valence electrons. The fraction of sp³-hybridized carbons (Fsp3) is 0.429. The van der Waals surface area contributed by atoms with E-state index in [2.05, 4.69) is 22.6 Å². The lowest BCUT2D eigenvalue weighted by atomic mass is 10.1. The van der Waals surface area contributed by atoms with Crippen LogP contribution < -0.4 is 10.6 Å². The number of benzene rings is 1. The van der Waals surface area contributed by atoms with Crippen LogP contribution in [0.4, 0.5) is 10.5 Å². The molecule has 0 atom stereocenters. The van der Waals surface area contributed by atoms with E-state index in [1.54, 1.807) is 6.07 Å². The molecule has 20 heavy (non-hydrogen) atoms. The predicted molar refractivity (Wildman–Crippen MR) is 75.7 cm³/mol. The molecule has 6 nitrogen and oxygen atoms in total. The summed E-state index contributed by atoms with van der Waals surface area (Å²) in [5.74, 6) is 0.0358. The highest BCUT2D eigenvalue weighted by Gasteiger charge is 2.22.